The molecule has 0 spiro atoms. The van der Waals surface area contributed by atoms with Crippen molar-refractivity contribution in [2.75, 3.05) is 7.11 Å². The molecule has 0 amide bonds. The molecule has 0 bridgehead atoms. The third-order valence-electron chi connectivity index (χ3n) is 2.51. The summed E-state index contributed by atoms with van der Waals surface area (Å²) in [5, 5.41) is 9.39. The minimum atomic E-state index is -0.856. The van der Waals surface area contributed by atoms with E-state index in [1.807, 2.05) is 31.2 Å². The lowest BCUT2D eigenvalue weighted by molar-refractivity contribution is -0.136. The third-order valence-corrected chi connectivity index (χ3v) is 3.48. The number of methoxy groups -OCH3 is 1. The van der Waals surface area contributed by atoms with Gasteiger partial charge in [-0.1, -0.05) is 0 Å². The molecule has 0 fully saturated rings. The molecule has 1 N–H and O–H groups in total. The molecule has 0 aliphatic heterocycles. The van der Waals surface area contributed by atoms with Crippen molar-refractivity contribution < 1.29 is 14.6 Å². The van der Waals surface area contributed by atoms with Crippen LogP contribution in [-0.4, -0.2) is 23.2 Å². The highest BCUT2D eigenvalue weighted by molar-refractivity contribution is 7.12. The van der Waals surface area contributed by atoms with Crippen molar-refractivity contribution in [1.82, 2.24) is 4.98 Å². The standard InChI is InChI=1S/C13H13NO3S/c1-8-13(14-11(18-8)7-12(15)16)9-3-5-10(17-2)6-4-9/h3-6H,7H2,1-2H3,(H,15,16). The first kappa shape index (κ1) is 12.6. The van der Waals surface area contributed by atoms with Crippen LogP contribution in [0.15, 0.2) is 24.3 Å². The minimum absolute atomic E-state index is 0.0261. The molecular weight excluding hydrogens is 250 g/mol. The lowest BCUT2D eigenvalue weighted by atomic mass is 10.1. The minimum Gasteiger partial charge on any atom is -0.497 e. The van der Waals surface area contributed by atoms with E-state index in [-0.39, 0.29) is 6.42 Å². The summed E-state index contributed by atoms with van der Waals surface area (Å²) in [4.78, 5) is 16.1. The predicted molar refractivity (Wildman–Crippen MR) is 70.2 cm³/mol. The molecule has 5 heteroatoms. The Hall–Kier alpha value is -1.88. The second-order valence-electron chi connectivity index (χ2n) is 3.81. The molecule has 4 nitrogen and oxygen atoms in total. The van der Waals surface area contributed by atoms with Crippen LogP contribution in [0.2, 0.25) is 0 Å². The van der Waals surface area contributed by atoms with Crippen molar-refractivity contribution in [3.63, 3.8) is 0 Å². The van der Waals surface area contributed by atoms with Crippen molar-refractivity contribution in [1.29, 1.82) is 0 Å². The van der Waals surface area contributed by atoms with Gasteiger partial charge in [-0.3, -0.25) is 4.79 Å². The topological polar surface area (TPSA) is 59.4 Å². The molecule has 1 heterocycles. The van der Waals surface area contributed by atoms with Crippen molar-refractivity contribution in [3.8, 4) is 17.0 Å². The summed E-state index contributed by atoms with van der Waals surface area (Å²) in [6.45, 7) is 1.95. The fourth-order valence-corrected chi connectivity index (χ4v) is 2.62. The molecule has 0 atom stereocenters. The first-order valence-electron chi connectivity index (χ1n) is 5.42. The molecule has 2 rings (SSSR count). The largest absolute Gasteiger partial charge is 0.497 e. The number of nitrogens with zero attached hydrogens (tertiary/aromatic N) is 1. The van der Waals surface area contributed by atoms with E-state index in [1.165, 1.54) is 11.3 Å². The van der Waals surface area contributed by atoms with Gasteiger partial charge in [0.05, 0.1) is 19.2 Å². The van der Waals surface area contributed by atoms with Gasteiger partial charge in [-0.15, -0.1) is 11.3 Å². The third kappa shape index (κ3) is 2.68. The second kappa shape index (κ2) is 5.18. The van der Waals surface area contributed by atoms with Crippen LogP contribution in [0.25, 0.3) is 11.3 Å². The molecule has 0 unspecified atom stereocenters. The van der Waals surface area contributed by atoms with E-state index in [2.05, 4.69) is 4.98 Å². The van der Waals surface area contributed by atoms with E-state index in [1.54, 1.807) is 7.11 Å². The Morgan fingerprint density at radius 1 is 1.39 bits per heavy atom. The lowest BCUT2D eigenvalue weighted by Crippen LogP contribution is -1.99. The number of aromatic nitrogens is 1. The number of hydrogen-bond donors (Lipinski definition) is 1. The number of benzene rings is 1. The first-order chi connectivity index (χ1) is 8.60. The number of hydrogen-bond acceptors (Lipinski definition) is 4. The van der Waals surface area contributed by atoms with Gasteiger partial charge in [-0.05, 0) is 31.2 Å². The first-order valence-corrected chi connectivity index (χ1v) is 6.24. The van der Waals surface area contributed by atoms with E-state index >= 15 is 0 Å². The zero-order valence-electron chi connectivity index (χ0n) is 10.1. The summed E-state index contributed by atoms with van der Waals surface area (Å²) >= 11 is 1.42. The number of aryl methyl sites for hydroxylation is 1. The van der Waals surface area contributed by atoms with Gasteiger partial charge >= 0.3 is 5.97 Å². The second-order valence-corrected chi connectivity index (χ2v) is 5.10. The van der Waals surface area contributed by atoms with Gasteiger partial charge in [0.15, 0.2) is 0 Å². The van der Waals surface area contributed by atoms with Gasteiger partial charge in [0.1, 0.15) is 10.8 Å². The highest BCUT2D eigenvalue weighted by atomic mass is 32.1. The molecule has 0 saturated carbocycles. The van der Waals surface area contributed by atoms with Crippen LogP contribution < -0.4 is 4.74 Å². The Labute approximate surface area is 109 Å². The number of ether oxygens (including phenoxy) is 1. The number of thiazole rings is 1. The summed E-state index contributed by atoms with van der Waals surface area (Å²) in [6.07, 6.45) is -0.0261. The molecule has 1 aromatic carbocycles. The Morgan fingerprint density at radius 2 is 2.06 bits per heavy atom. The van der Waals surface area contributed by atoms with Gasteiger partial charge in [0, 0.05) is 10.4 Å². The van der Waals surface area contributed by atoms with Crippen molar-refractivity contribution >= 4 is 17.3 Å². The lowest BCUT2D eigenvalue weighted by Gasteiger charge is -2.01. The fourth-order valence-electron chi connectivity index (χ4n) is 1.67. The highest BCUT2D eigenvalue weighted by Gasteiger charge is 2.12. The van der Waals surface area contributed by atoms with Gasteiger partial charge in [-0.2, -0.15) is 0 Å². The maximum atomic E-state index is 10.7. The summed E-state index contributed by atoms with van der Waals surface area (Å²) < 4.78 is 5.10. The van der Waals surface area contributed by atoms with E-state index in [4.69, 9.17) is 9.84 Å². The SMILES string of the molecule is COc1ccc(-c2nc(CC(=O)O)sc2C)cc1. The monoisotopic (exact) mass is 263 g/mol. The maximum absolute atomic E-state index is 10.7. The van der Waals surface area contributed by atoms with E-state index in [9.17, 15) is 4.79 Å². The van der Waals surface area contributed by atoms with E-state index in [0.717, 1.165) is 21.9 Å². The smallest absolute Gasteiger partial charge is 0.310 e. The average molecular weight is 263 g/mol. The Morgan fingerprint density at radius 3 is 2.61 bits per heavy atom. The summed E-state index contributed by atoms with van der Waals surface area (Å²) in [5.41, 5.74) is 1.82. The van der Waals surface area contributed by atoms with Gasteiger partial charge < -0.3 is 9.84 Å². The van der Waals surface area contributed by atoms with Crippen LogP contribution in [0.1, 0.15) is 9.88 Å². The highest BCUT2D eigenvalue weighted by Crippen LogP contribution is 2.28. The predicted octanol–water partition coefficient (Wildman–Crippen LogP) is 2.75. The summed E-state index contributed by atoms with van der Waals surface area (Å²) in [6, 6.07) is 7.58. The van der Waals surface area contributed by atoms with E-state index < -0.39 is 5.97 Å². The number of aliphatic carboxylic acids is 1. The van der Waals surface area contributed by atoms with Crippen LogP contribution in [-0.2, 0) is 11.2 Å². The quantitative estimate of drug-likeness (QED) is 0.921. The van der Waals surface area contributed by atoms with Gasteiger partial charge in [0.25, 0.3) is 0 Å². The molecular formula is C13H13NO3S. The van der Waals surface area contributed by atoms with Crippen LogP contribution >= 0.6 is 11.3 Å². The molecule has 18 heavy (non-hydrogen) atoms. The number of carbonyl (C=O) groups is 1. The summed E-state index contributed by atoms with van der Waals surface area (Å²) in [7, 11) is 1.62. The van der Waals surface area contributed by atoms with E-state index in [0.29, 0.717) is 5.01 Å². The van der Waals surface area contributed by atoms with Crippen LogP contribution in [0.4, 0.5) is 0 Å². The number of carboxylic acid groups (broad SMARTS) is 1. The normalized spacial score (nSPS) is 10.3. The van der Waals surface area contributed by atoms with Gasteiger partial charge in [0.2, 0.25) is 0 Å². The molecule has 0 saturated heterocycles. The van der Waals surface area contributed by atoms with Crippen LogP contribution in [0.5, 0.6) is 5.75 Å². The molecule has 94 valence electrons. The van der Waals surface area contributed by atoms with Crippen molar-refractivity contribution in [3.05, 3.63) is 34.2 Å². The van der Waals surface area contributed by atoms with Crippen LogP contribution in [0.3, 0.4) is 0 Å². The van der Waals surface area contributed by atoms with Gasteiger partial charge in [-0.25, -0.2) is 4.98 Å². The maximum Gasteiger partial charge on any atom is 0.310 e. The molecule has 1 aromatic heterocycles. The Kier molecular flexibility index (Phi) is 3.62. The zero-order chi connectivity index (χ0) is 13.1. The average Bonchev–Trinajstić information content (AvgIpc) is 2.69. The fraction of sp³-hybridized carbons (Fsp3) is 0.231. The summed E-state index contributed by atoms with van der Waals surface area (Å²) in [5.74, 6) is -0.0672. The Balaban J connectivity index is 2.31. The molecule has 0 aliphatic carbocycles. The number of carboxylic acids is 1. The number of rotatable bonds is 4. The Bertz CT molecular complexity index is 560. The van der Waals surface area contributed by atoms with Crippen LogP contribution in [0, 0.1) is 6.92 Å². The molecule has 2 aromatic rings. The van der Waals surface area contributed by atoms with Crippen molar-refractivity contribution in [2.45, 2.75) is 13.3 Å². The zero-order valence-corrected chi connectivity index (χ0v) is 11.0. The van der Waals surface area contributed by atoms with Crippen molar-refractivity contribution in [2.24, 2.45) is 0 Å². The molecule has 0 radical (unpaired) electrons. The molecule has 0 aliphatic rings.